The molecule has 1 aliphatic carbocycles. The van der Waals surface area contributed by atoms with Crippen molar-refractivity contribution in [3.05, 3.63) is 28.3 Å². The second-order valence-corrected chi connectivity index (χ2v) is 10.5. The molecule has 0 spiro atoms. The highest BCUT2D eigenvalue weighted by atomic mass is 16.5. The topological polar surface area (TPSA) is 56.6 Å². The SMILES string of the molecule is CCCC(=O)N1CCN(c2cc(C3CC3)c3c(c2C#N)CC(C)(C)OC3)CC1C(C)C. The Bertz CT molecular complexity index is 895. The Morgan fingerprint density at radius 2 is 2.03 bits per heavy atom. The first kappa shape index (κ1) is 22.1. The van der Waals surface area contributed by atoms with Crippen molar-refractivity contribution in [1.82, 2.24) is 4.90 Å². The van der Waals surface area contributed by atoms with Gasteiger partial charge >= 0.3 is 0 Å². The van der Waals surface area contributed by atoms with E-state index in [2.05, 4.69) is 56.6 Å². The normalized spacial score (nSPS) is 22.9. The zero-order valence-electron chi connectivity index (χ0n) is 19.8. The Hall–Kier alpha value is -2.06. The van der Waals surface area contributed by atoms with Gasteiger partial charge in [0.15, 0.2) is 0 Å². The minimum absolute atomic E-state index is 0.180. The summed E-state index contributed by atoms with van der Waals surface area (Å²) in [5, 5.41) is 10.2. The van der Waals surface area contributed by atoms with Crippen LogP contribution in [-0.4, -0.2) is 42.1 Å². The van der Waals surface area contributed by atoms with Crippen molar-refractivity contribution in [2.45, 2.75) is 90.9 Å². The van der Waals surface area contributed by atoms with Gasteiger partial charge in [-0.15, -0.1) is 0 Å². The van der Waals surface area contributed by atoms with E-state index in [4.69, 9.17) is 4.74 Å². The Morgan fingerprint density at radius 1 is 1.29 bits per heavy atom. The highest BCUT2D eigenvalue weighted by molar-refractivity contribution is 5.77. The molecule has 2 aliphatic heterocycles. The van der Waals surface area contributed by atoms with Gasteiger partial charge in [-0.1, -0.05) is 20.8 Å². The fourth-order valence-electron chi connectivity index (χ4n) is 5.30. The zero-order valence-corrected chi connectivity index (χ0v) is 19.8. The van der Waals surface area contributed by atoms with Crippen LogP contribution in [0.25, 0.3) is 0 Å². The van der Waals surface area contributed by atoms with Gasteiger partial charge in [0, 0.05) is 32.5 Å². The van der Waals surface area contributed by atoms with Gasteiger partial charge in [-0.05, 0) is 67.7 Å². The number of piperazine rings is 1. The molecule has 5 heteroatoms. The molecule has 2 heterocycles. The number of hydrogen-bond donors (Lipinski definition) is 0. The molecular weight excluding hydrogens is 386 g/mol. The van der Waals surface area contributed by atoms with E-state index in [1.807, 2.05) is 0 Å². The minimum atomic E-state index is -0.246. The Kier molecular flexibility index (Phi) is 6.05. The maximum atomic E-state index is 12.7. The van der Waals surface area contributed by atoms with Gasteiger partial charge in [-0.2, -0.15) is 5.26 Å². The molecule has 1 aromatic rings. The summed E-state index contributed by atoms with van der Waals surface area (Å²) in [6.45, 7) is 13.6. The number of fused-ring (bicyclic) bond motifs is 1. The molecular formula is C26H37N3O2. The summed E-state index contributed by atoms with van der Waals surface area (Å²) in [4.78, 5) is 17.2. The fraction of sp³-hybridized carbons (Fsp3) is 0.692. The number of rotatable bonds is 5. The molecule has 3 aliphatic rings. The highest BCUT2D eigenvalue weighted by Gasteiger charge is 2.38. The van der Waals surface area contributed by atoms with E-state index >= 15 is 0 Å². The third-order valence-electron chi connectivity index (χ3n) is 7.21. The number of nitrogens with zero attached hydrogens (tertiary/aromatic N) is 3. The predicted octanol–water partition coefficient (Wildman–Crippen LogP) is 4.76. The van der Waals surface area contributed by atoms with E-state index in [0.29, 0.717) is 24.9 Å². The Balaban J connectivity index is 1.72. The standard InChI is InChI=1S/C26H37N3O2/c1-6-7-25(30)29-11-10-28(15-24(29)17(2)3)23-12-19(18-8-9-18)22-16-31-26(4,5)13-20(22)21(23)14-27/h12,17-18,24H,6-11,13,15-16H2,1-5H3. The van der Waals surface area contributed by atoms with Crippen LogP contribution in [-0.2, 0) is 22.6 Å². The van der Waals surface area contributed by atoms with Crippen molar-refractivity contribution in [3.8, 4) is 6.07 Å². The number of carbonyl (C=O) groups excluding carboxylic acids is 1. The van der Waals surface area contributed by atoms with Crippen molar-refractivity contribution >= 4 is 11.6 Å². The third-order valence-corrected chi connectivity index (χ3v) is 7.21. The molecule has 0 aromatic heterocycles. The average molecular weight is 424 g/mol. The Labute approximate surface area is 187 Å². The summed E-state index contributed by atoms with van der Waals surface area (Å²) in [5.74, 6) is 1.25. The van der Waals surface area contributed by atoms with Gasteiger partial charge in [0.25, 0.3) is 0 Å². The van der Waals surface area contributed by atoms with Crippen molar-refractivity contribution in [2.24, 2.45) is 5.92 Å². The number of amides is 1. The van der Waals surface area contributed by atoms with Crippen molar-refractivity contribution in [2.75, 3.05) is 24.5 Å². The number of nitriles is 1. The largest absolute Gasteiger partial charge is 0.371 e. The van der Waals surface area contributed by atoms with Crippen molar-refractivity contribution < 1.29 is 9.53 Å². The van der Waals surface area contributed by atoms with Crippen LogP contribution in [0.4, 0.5) is 5.69 Å². The number of anilines is 1. The molecule has 2 fully saturated rings. The Morgan fingerprint density at radius 3 is 2.65 bits per heavy atom. The van der Waals surface area contributed by atoms with E-state index in [1.165, 1.54) is 29.5 Å². The predicted molar refractivity (Wildman–Crippen MR) is 123 cm³/mol. The minimum Gasteiger partial charge on any atom is -0.371 e. The summed E-state index contributed by atoms with van der Waals surface area (Å²) >= 11 is 0. The number of ether oxygens (including phenoxy) is 1. The van der Waals surface area contributed by atoms with Gasteiger partial charge in [-0.3, -0.25) is 4.79 Å². The first-order valence-corrected chi connectivity index (χ1v) is 12.0. The van der Waals surface area contributed by atoms with Crippen LogP contribution >= 0.6 is 0 Å². The summed E-state index contributed by atoms with van der Waals surface area (Å²) in [5.41, 5.74) is 5.51. The van der Waals surface area contributed by atoms with Crippen LogP contribution < -0.4 is 4.90 Å². The molecule has 1 amide bonds. The first-order chi connectivity index (χ1) is 14.8. The molecule has 1 saturated carbocycles. The lowest BCUT2D eigenvalue weighted by atomic mass is 9.83. The third kappa shape index (κ3) is 4.32. The second kappa shape index (κ2) is 8.47. The maximum Gasteiger partial charge on any atom is 0.222 e. The van der Waals surface area contributed by atoms with E-state index in [0.717, 1.165) is 43.7 Å². The first-order valence-electron chi connectivity index (χ1n) is 12.0. The second-order valence-electron chi connectivity index (χ2n) is 10.5. The molecule has 0 N–H and O–H groups in total. The average Bonchev–Trinajstić information content (AvgIpc) is 3.56. The lowest BCUT2D eigenvalue weighted by Gasteiger charge is -2.45. The molecule has 0 radical (unpaired) electrons. The number of hydrogen-bond acceptors (Lipinski definition) is 4. The van der Waals surface area contributed by atoms with E-state index < -0.39 is 0 Å². The van der Waals surface area contributed by atoms with E-state index in [1.54, 1.807) is 0 Å². The summed E-state index contributed by atoms with van der Waals surface area (Å²) in [6, 6.07) is 5.04. The van der Waals surface area contributed by atoms with Gasteiger partial charge in [-0.25, -0.2) is 0 Å². The lowest BCUT2D eigenvalue weighted by Crippen LogP contribution is -2.57. The molecule has 31 heavy (non-hydrogen) atoms. The zero-order chi connectivity index (χ0) is 22.3. The van der Waals surface area contributed by atoms with E-state index in [-0.39, 0.29) is 17.6 Å². The molecule has 1 aromatic carbocycles. The van der Waals surface area contributed by atoms with Crippen LogP contribution in [0.5, 0.6) is 0 Å². The summed E-state index contributed by atoms with van der Waals surface area (Å²) < 4.78 is 6.14. The molecule has 4 rings (SSSR count). The molecule has 1 unspecified atom stereocenters. The highest BCUT2D eigenvalue weighted by Crippen LogP contribution is 2.47. The molecule has 0 bridgehead atoms. The fourth-order valence-corrected chi connectivity index (χ4v) is 5.30. The van der Waals surface area contributed by atoms with Crippen molar-refractivity contribution in [1.29, 1.82) is 5.26 Å². The smallest absolute Gasteiger partial charge is 0.222 e. The summed E-state index contributed by atoms with van der Waals surface area (Å²) in [7, 11) is 0. The molecule has 5 nitrogen and oxygen atoms in total. The van der Waals surface area contributed by atoms with Gasteiger partial charge in [0.2, 0.25) is 5.91 Å². The number of benzene rings is 1. The van der Waals surface area contributed by atoms with Gasteiger partial charge in [0.1, 0.15) is 6.07 Å². The summed E-state index contributed by atoms with van der Waals surface area (Å²) in [6.07, 6.45) is 4.74. The molecule has 168 valence electrons. The molecule has 1 saturated heterocycles. The maximum absolute atomic E-state index is 12.7. The number of carbonyl (C=O) groups is 1. The van der Waals surface area contributed by atoms with Crippen LogP contribution in [0.2, 0.25) is 0 Å². The van der Waals surface area contributed by atoms with E-state index in [9.17, 15) is 10.1 Å². The van der Waals surface area contributed by atoms with Crippen LogP contribution in [0, 0.1) is 17.2 Å². The lowest BCUT2D eigenvalue weighted by molar-refractivity contribution is -0.135. The van der Waals surface area contributed by atoms with Crippen LogP contribution in [0.15, 0.2) is 6.07 Å². The monoisotopic (exact) mass is 423 g/mol. The molecule has 1 atom stereocenters. The van der Waals surface area contributed by atoms with Crippen molar-refractivity contribution in [3.63, 3.8) is 0 Å². The van der Waals surface area contributed by atoms with Gasteiger partial charge in [0.05, 0.1) is 29.5 Å². The van der Waals surface area contributed by atoms with Crippen LogP contribution in [0.1, 0.15) is 88.5 Å². The van der Waals surface area contributed by atoms with Gasteiger partial charge < -0.3 is 14.5 Å². The quantitative estimate of drug-likeness (QED) is 0.685. The van der Waals surface area contributed by atoms with Crippen LogP contribution in [0.3, 0.4) is 0 Å².